The number of aryl methyl sites for hydroxylation is 3. The normalized spacial score (nSPS) is 12.5. The second-order valence-electron chi connectivity index (χ2n) is 6.69. The lowest BCUT2D eigenvalue weighted by Gasteiger charge is -2.17. The van der Waals surface area contributed by atoms with Crippen molar-refractivity contribution in [1.29, 1.82) is 0 Å². The third kappa shape index (κ3) is 4.21. The van der Waals surface area contributed by atoms with Crippen LogP contribution >= 0.6 is 23.1 Å². The zero-order valence-electron chi connectivity index (χ0n) is 16.9. The van der Waals surface area contributed by atoms with Gasteiger partial charge < -0.3 is 13.7 Å². The van der Waals surface area contributed by atoms with E-state index in [0.717, 1.165) is 32.5 Å². The average molecular weight is 421 g/mol. The van der Waals surface area contributed by atoms with Gasteiger partial charge in [0.2, 0.25) is 0 Å². The first-order valence-corrected chi connectivity index (χ1v) is 10.7. The summed E-state index contributed by atoms with van der Waals surface area (Å²) in [6, 6.07) is 2.11. The van der Waals surface area contributed by atoms with E-state index in [1.165, 1.54) is 23.1 Å². The number of hydrogen-bond acceptors (Lipinski definition) is 8. The van der Waals surface area contributed by atoms with Crippen molar-refractivity contribution in [1.82, 2.24) is 19.7 Å². The molecule has 0 amide bonds. The average Bonchev–Trinajstić information content (AvgIpc) is 3.30. The Labute approximate surface area is 172 Å². The molecule has 7 nitrogen and oxygen atoms in total. The topological polar surface area (TPSA) is 83.0 Å². The number of methoxy groups -OCH3 is 1. The summed E-state index contributed by atoms with van der Waals surface area (Å²) >= 11 is 2.77. The van der Waals surface area contributed by atoms with Crippen LogP contribution in [0.4, 0.5) is 0 Å². The molecule has 0 spiro atoms. The molecule has 28 heavy (non-hydrogen) atoms. The molecule has 0 fully saturated rings. The number of Topliss-reactive ketones (excluding diaryl/α,β-unsaturated/α-hetero) is 1. The lowest BCUT2D eigenvalue weighted by atomic mass is 10.2. The third-order valence-electron chi connectivity index (χ3n) is 4.46. The summed E-state index contributed by atoms with van der Waals surface area (Å²) in [6.07, 6.45) is 0. The van der Waals surface area contributed by atoms with Gasteiger partial charge in [-0.2, -0.15) is 0 Å². The maximum Gasteiger partial charge on any atom is 0.277 e. The lowest BCUT2D eigenvalue weighted by molar-refractivity contribution is 0.102. The predicted molar refractivity (Wildman–Crippen MR) is 110 cm³/mol. The van der Waals surface area contributed by atoms with E-state index >= 15 is 0 Å². The van der Waals surface area contributed by atoms with E-state index in [-0.39, 0.29) is 17.6 Å². The number of ketones is 1. The van der Waals surface area contributed by atoms with Crippen LogP contribution in [0.25, 0.3) is 10.8 Å². The standard InChI is InChI=1S/C19H24N4O3S2/c1-10-7-15(13(4)23(10)11(2)8-25-6)16(24)9-27-19-22-21-18(26-19)17-12(3)20-14(5)28-17/h7,11H,8-9H2,1-6H3/t11-/m1/s1. The monoisotopic (exact) mass is 420 g/mol. The second-order valence-corrected chi connectivity index (χ2v) is 8.82. The molecule has 0 N–H and O–H groups in total. The number of nitrogens with zero attached hydrogens (tertiary/aromatic N) is 4. The van der Waals surface area contributed by atoms with Crippen molar-refractivity contribution >= 4 is 28.9 Å². The summed E-state index contributed by atoms with van der Waals surface area (Å²) in [4.78, 5) is 18.0. The van der Waals surface area contributed by atoms with Crippen molar-refractivity contribution in [3.8, 4) is 10.8 Å². The molecule has 0 aliphatic rings. The minimum atomic E-state index is 0.0403. The first kappa shape index (κ1) is 20.8. The number of hydrogen-bond donors (Lipinski definition) is 0. The van der Waals surface area contributed by atoms with Gasteiger partial charge in [-0.15, -0.1) is 21.5 Å². The lowest BCUT2D eigenvalue weighted by Crippen LogP contribution is -2.14. The van der Waals surface area contributed by atoms with E-state index in [9.17, 15) is 4.79 Å². The zero-order chi connectivity index (χ0) is 20.4. The van der Waals surface area contributed by atoms with Gasteiger partial charge in [0, 0.05) is 24.1 Å². The molecular formula is C19H24N4O3S2. The summed E-state index contributed by atoms with van der Waals surface area (Å²) in [5.41, 5.74) is 3.60. The fourth-order valence-electron chi connectivity index (χ4n) is 3.35. The van der Waals surface area contributed by atoms with Gasteiger partial charge >= 0.3 is 0 Å². The van der Waals surface area contributed by atoms with Crippen LogP contribution in [-0.2, 0) is 4.74 Å². The van der Waals surface area contributed by atoms with Crippen LogP contribution in [0.15, 0.2) is 15.7 Å². The van der Waals surface area contributed by atoms with Gasteiger partial charge in [-0.3, -0.25) is 4.79 Å². The quantitative estimate of drug-likeness (QED) is 0.394. The Balaban J connectivity index is 1.70. The molecule has 3 aromatic rings. The first-order chi connectivity index (χ1) is 13.3. The molecular weight excluding hydrogens is 396 g/mol. The van der Waals surface area contributed by atoms with Crippen LogP contribution in [0.3, 0.4) is 0 Å². The summed E-state index contributed by atoms with van der Waals surface area (Å²) in [5, 5.41) is 9.49. The highest BCUT2D eigenvalue weighted by Gasteiger charge is 2.20. The second kappa shape index (κ2) is 8.59. The van der Waals surface area contributed by atoms with Crippen molar-refractivity contribution in [2.45, 2.75) is 45.9 Å². The summed E-state index contributed by atoms with van der Waals surface area (Å²) < 4.78 is 13.1. The highest BCUT2D eigenvalue weighted by atomic mass is 32.2. The molecule has 0 saturated heterocycles. The van der Waals surface area contributed by atoms with Crippen molar-refractivity contribution in [2.24, 2.45) is 0 Å². The largest absolute Gasteiger partial charge is 0.410 e. The number of rotatable bonds is 8. The van der Waals surface area contributed by atoms with Crippen molar-refractivity contribution in [3.63, 3.8) is 0 Å². The maximum atomic E-state index is 12.8. The highest BCUT2D eigenvalue weighted by Crippen LogP contribution is 2.31. The molecule has 0 aliphatic heterocycles. The summed E-state index contributed by atoms with van der Waals surface area (Å²) in [5.74, 6) is 0.730. The van der Waals surface area contributed by atoms with Crippen molar-refractivity contribution < 1.29 is 13.9 Å². The molecule has 3 rings (SSSR count). The van der Waals surface area contributed by atoms with Crippen LogP contribution < -0.4 is 0 Å². The summed E-state index contributed by atoms with van der Waals surface area (Å²) in [7, 11) is 1.68. The van der Waals surface area contributed by atoms with Crippen LogP contribution in [0, 0.1) is 27.7 Å². The molecule has 9 heteroatoms. The predicted octanol–water partition coefficient (Wildman–Crippen LogP) is 4.41. The first-order valence-electron chi connectivity index (χ1n) is 8.93. The molecule has 0 aliphatic carbocycles. The molecule has 0 unspecified atom stereocenters. The number of aromatic nitrogens is 4. The molecule has 3 aromatic heterocycles. The van der Waals surface area contributed by atoms with E-state index in [0.29, 0.717) is 17.7 Å². The van der Waals surface area contributed by atoms with Gasteiger partial charge in [-0.05, 0) is 40.7 Å². The number of carbonyl (C=O) groups excluding carboxylic acids is 1. The van der Waals surface area contributed by atoms with Crippen molar-refractivity contribution in [2.75, 3.05) is 19.5 Å². The number of thiazole rings is 1. The van der Waals surface area contributed by atoms with E-state index < -0.39 is 0 Å². The molecule has 3 heterocycles. The van der Waals surface area contributed by atoms with E-state index in [1.54, 1.807) is 7.11 Å². The Bertz CT molecular complexity index is 990. The summed E-state index contributed by atoms with van der Waals surface area (Å²) in [6.45, 7) is 10.5. The minimum absolute atomic E-state index is 0.0403. The Morgan fingerprint density at radius 1 is 1.32 bits per heavy atom. The van der Waals surface area contributed by atoms with Crippen LogP contribution in [-0.4, -0.2) is 45.0 Å². The van der Waals surface area contributed by atoms with E-state index in [2.05, 4.69) is 26.7 Å². The van der Waals surface area contributed by atoms with Gasteiger partial charge in [0.05, 0.1) is 29.1 Å². The number of ether oxygens (including phenoxy) is 1. The van der Waals surface area contributed by atoms with Gasteiger partial charge in [0.1, 0.15) is 4.88 Å². The van der Waals surface area contributed by atoms with Gasteiger partial charge in [0.15, 0.2) is 5.78 Å². The molecule has 0 bridgehead atoms. The molecule has 150 valence electrons. The Kier molecular flexibility index (Phi) is 6.36. The van der Waals surface area contributed by atoms with Crippen molar-refractivity contribution in [3.05, 3.63) is 33.7 Å². The van der Waals surface area contributed by atoms with Crippen LogP contribution in [0.2, 0.25) is 0 Å². The van der Waals surface area contributed by atoms with E-state index in [1.807, 2.05) is 33.8 Å². The van der Waals surface area contributed by atoms with Gasteiger partial charge in [-0.1, -0.05) is 11.8 Å². The minimum Gasteiger partial charge on any atom is -0.410 e. The number of thioether (sulfide) groups is 1. The Morgan fingerprint density at radius 2 is 2.07 bits per heavy atom. The van der Waals surface area contributed by atoms with Crippen LogP contribution in [0.5, 0.6) is 0 Å². The van der Waals surface area contributed by atoms with Crippen LogP contribution in [0.1, 0.15) is 45.4 Å². The van der Waals surface area contributed by atoms with Gasteiger partial charge in [0.25, 0.3) is 11.1 Å². The Hall–Kier alpha value is -1.97. The SMILES string of the molecule is COC[C@@H](C)n1c(C)cc(C(=O)CSc2nnc(-c3sc(C)nc3C)o2)c1C. The van der Waals surface area contributed by atoms with Gasteiger partial charge in [-0.25, -0.2) is 4.98 Å². The molecule has 0 radical (unpaired) electrons. The molecule has 0 aromatic carbocycles. The molecule has 0 saturated carbocycles. The Morgan fingerprint density at radius 3 is 2.71 bits per heavy atom. The fraction of sp³-hybridized carbons (Fsp3) is 0.474. The smallest absolute Gasteiger partial charge is 0.277 e. The van der Waals surface area contributed by atoms with E-state index in [4.69, 9.17) is 9.15 Å². The fourth-order valence-corrected chi connectivity index (χ4v) is 4.84. The third-order valence-corrected chi connectivity index (χ3v) is 6.34. The zero-order valence-corrected chi connectivity index (χ0v) is 18.5. The molecule has 1 atom stereocenters. The maximum absolute atomic E-state index is 12.8. The number of carbonyl (C=O) groups is 1. The highest BCUT2D eigenvalue weighted by molar-refractivity contribution is 7.99.